The molecule has 48 heavy (non-hydrogen) atoms. The van der Waals surface area contributed by atoms with E-state index in [0.717, 1.165) is 44.6 Å². The van der Waals surface area contributed by atoms with Crippen LogP contribution in [-0.4, -0.2) is 19.5 Å². The molecule has 0 saturated carbocycles. The number of alkyl halides is 3. The number of halogens is 3. The number of nitrogens with zero attached hydrogens (tertiary/aromatic N) is 4. The summed E-state index contributed by atoms with van der Waals surface area (Å²) in [5.41, 5.74) is 6.50. The summed E-state index contributed by atoms with van der Waals surface area (Å²) in [6, 6.07) is 45.0. The van der Waals surface area contributed by atoms with E-state index < -0.39 is 11.7 Å². The number of fused-ring (bicyclic) bond motifs is 3. The molecule has 232 valence electrons. The largest absolute Gasteiger partial charge is 0.416 e. The molecule has 0 saturated heterocycles. The fourth-order valence-electron chi connectivity index (χ4n) is 6.25. The molecule has 2 aromatic heterocycles. The number of aryl methyl sites for hydroxylation is 1. The molecular weight excluding hydrogens is 605 g/mol. The van der Waals surface area contributed by atoms with Crippen LogP contribution in [0.15, 0.2) is 146 Å². The van der Waals surface area contributed by atoms with Crippen LogP contribution < -0.4 is 0 Å². The average Bonchev–Trinajstić information content (AvgIpc) is 3.45. The minimum absolute atomic E-state index is 0.454. The summed E-state index contributed by atoms with van der Waals surface area (Å²) in [5.74, 6) is 1.50. The van der Waals surface area contributed by atoms with Gasteiger partial charge in [0.15, 0.2) is 17.5 Å². The maximum Gasteiger partial charge on any atom is 0.416 e. The van der Waals surface area contributed by atoms with Crippen LogP contribution in [0.2, 0.25) is 0 Å². The highest BCUT2D eigenvalue weighted by Crippen LogP contribution is 2.40. The number of benzene rings is 6. The Morgan fingerprint density at radius 3 is 1.73 bits per heavy atom. The Morgan fingerprint density at radius 1 is 0.479 bits per heavy atom. The van der Waals surface area contributed by atoms with Crippen LogP contribution >= 0.6 is 0 Å². The van der Waals surface area contributed by atoms with Gasteiger partial charge in [0.1, 0.15) is 0 Å². The van der Waals surface area contributed by atoms with Gasteiger partial charge < -0.3 is 4.57 Å². The highest BCUT2D eigenvalue weighted by molar-refractivity contribution is 6.10. The van der Waals surface area contributed by atoms with Crippen LogP contribution in [0.1, 0.15) is 11.1 Å². The average molecular weight is 633 g/mol. The topological polar surface area (TPSA) is 43.6 Å². The fourth-order valence-corrected chi connectivity index (χ4v) is 6.25. The van der Waals surface area contributed by atoms with Gasteiger partial charge in [0.25, 0.3) is 0 Å². The van der Waals surface area contributed by atoms with Crippen molar-refractivity contribution in [3.05, 3.63) is 157 Å². The van der Waals surface area contributed by atoms with E-state index in [9.17, 15) is 13.2 Å². The second-order valence-electron chi connectivity index (χ2n) is 11.7. The SMILES string of the molecule is Cc1ccc2c(c1)c1ccccc1n2-c1cc(-c2nc(-c3ccccc3)nc(-c3ccccc3)n2)ccc1-c1cccc(C(F)(F)F)c1. The predicted octanol–water partition coefficient (Wildman–Crippen LogP) is 11.0. The van der Waals surface area contributed by atoms with Gasteiger partial charge in [-0.05, 0) is 48.9 Å². The van der Waals surface area contributed by atoms with Crippen molar-refractivity contribution in [2.45, 2.75) is 13.1 Å². The Hall–Kier alpha value is -6.08. The van der Waals surface area contributed by atoms with E-state index in [1.807, 2.05) is 97.1 Å². The van der Waals surface area contributed by atoms with Gasteiger partial charge >= 0.3 is 6.18 Å². The zero-order valence-electron chi connectivity index (χ0n) is 25.8. The molecule has 0 amide bonds. The van der Waals surface area contributed by atoms with Gasteiger partial charge in [0.05, 0.1) is 22.3 Å². The molecule has 2 heterocycles. The molecule has 6 aromatic carbocycles. The Morgan fingerprint density at radius 2 is 1.06 bits per heavy atom. The monoisotopic (exact) mass is 632 g/mol. The minimum Gasteiger partial charge on any atom is -0.309 e. The number of rotatable bonds is 5. The Labute approximate surface area is 274 Å². The highest BCUT2D eigenvalue weighted by Gasteiger charge is 2.31. The maximum atomic E-state index is 13.9. The van der Waals surface area contributed by atoms with E-state index >= 15 is 0 Å². The van der Waals surface area contributed by atoms with E-state index in [4.69, 9.17) is 15.0 Å². The first-order chi connectivity index (χ1) is 23.3. The van der Waals surface area contributed by atoms with Gasteiger partial charge in [-0.25, -0.2) is 15.0 Å². The van der Waals surface area contributed by atoms with Crippen LogP contribution in [0.5, 0.6) is 0 Å². The van der Waals surface area contributed by atoms with E-state index in [2.05, 4.69) is 35.8 Å². The summed E-state index contributed by atoms with van der Waals surface area (Å²) < 4.78 is 43.9. The highest BCUT2D eigenvalue weighted by atomic mass is 19.4. The molecule has 0 aliphatic heterocycles. The zero-order chi connectivity index (χ0) is 32.8. The van der Waals surface area contributed by atoms with E-state index in [1.54, 1.807) is 6.07 Å². The van der Waals surface area contributed by atoms with Crippen LogP contribution in [0.25, 0.3) is 72.8 Å². The summed E-state index contributed by atoms with van der Waals surface area (Å²) in [5, 5.41) is 2.11. The van der Waals surface area contributed by atoms with Crippen LogP contribution in [-0.2, 0) is 6.18 Å². The lowest BCUT2D eigenvalue weighted by molar-refractivity contribution is -0.137. The van der Waals surface area contributed by atoms with Crippen LogP contribution in [0.4, 0.5) is 13.2 Å². The number of hydrogen-bond acceptors (Lipinski definition) is 3. The lowest BCUT2D eigenvalue weighted by Crippen LogP contribution is -2.05. The molecule has 0 atom stereocenters. The summed E-state index contributed by atoms with van der Waals surface area (Å²) in [6.45, 7) is 2.05. The van der Waals surface area contributed by atoms with E-state index in [0.29, 0.717) is 39.9 Å². The number of aromatic nitrogens is 4. The van der Waals surface area contributed by atoms with E-state index in [-0.39, 0.29) is 0 Å². The van der Waals surface area contributed by atoms with E-state index in [1.165, 1.54) is 12.1 Å². The molecule has 8 rings (SSSR count). The molecule has 0 radical (unpaired) electrons. The van der Waals surface area contributed by atoms with Crippen molar-refractivity contribution in [1.29, 1.82) is 0 Å². The van der Waals surface area contributed by atoms with Crippen LogP contribution in [0.3, 0.4) is 0 Å². The Bertz CT molecular complexity index is 2390. The first-order valence-electron chi connectivity index (χ1n) is 15.5. The Kier molecular flexibility index (Phi) is 7.10. The molecular formula is C41H27F3N4. The smallest absolute Gasteiger partial charge is 0.309 e. The lowest BCUT2D eigenvalue weighted by Gasteiger charge is -2.17. The number of hydrogen-bond donors (Lipinski definition) is 0. The van der Waals surface area contributed by atoms with Gasteiger partial charge in [-0.15, -0.1) is 0 Å². The van der Waals surface area contributed by atoms with Crippen molar-refractivity contribution in [2.24, 2.45) is 0 Å². The molecule has 7 heteroatoms. The molecule has 0 bridgehead atoms. The molecule has 0 spiro atoms. The summed E-state index contributed by atoms with van der Waals surface area (Å²) in [7, 11) is 0. The van der Waals surface area contributed by atoms with Gasteiger partial charge in [-0.3, -0.25) is 0 Å². The first kappa shape index (κ1) is 29.3. The summed E-state index contributed by atoms with van der Waals surface area (Å²) in [4.78, 5) is 14.7. The molecule has 0 fully saturated rings. The predicted molar refractivity (Wildman–Crippen MR) is 186 cm³/mol. The third-order valence-corrected chi connectivity index (χ3v) is 8.53. The Balaban J connectivity index is 1.42. The quantitative estimate of drug-likeness (QED) is 0.190. The second kappa shape index (κ2) is 11.6. The third kappa shape index (κ3) is 5.29. The number of para-hydroxylation sites is 1. The second-order valence-corrected chi connectivity index (χ2v) is 11.7. The van der Waals surface area contributed by atoms with Crippen molar-refractivity contribution in [3.63, 3.8) is 0 Å². The summed E-state index contributed by atoms with van der Waals surface area (Å²) in [6.07, 6.45) is -4.48. The first-order valence-corrected chi connectivity index (χ1v) is 15.5. The van der Waals surface area contributed by atoms with Crippen molar-refractivity contribution >= 4 is 21.8 Å². The zero-order valence-corrected chi connectivity index (χ0v) is 25.8. The van der Waals surface area contributed by atoms with Gasteiger partial charge in [0.2, 0.25) is 0 Å². The standard InChI is InChI=1S/C41H27F3N4/c1-26-19-22-36-34(23-26)33-17-8-9-18-35(33)48(36)37-25-30(20-21-32(37)29-15-10-16-31(24-29)41(42,43)44)40-46-38(27-11-4-2-5-12-27)45-39(47-40)28-13-6-3-7-14-28/h2-25H,1H3. The van der Waals surface area contributed by atoms with Gasteiger partial charge in [-0.2, -0.15) is 13.2 Å². The van der Waals surface area contributed by atoms with Gasteiger partial charge in [-0.1, -0.05) is 115 Å². The normalized spacial score (nSPS) is 11.8. The molecule has 8 aromatic rings. The van der Waals surface area contributed by atoms with Crippen molar-refractivity contribution in [3.8, 4) is 51.0 Å². The van der Waals surface area contributed by atoms with Crippen molar-refractivity contribution in [1.82, 2.24) is 19.5 Å². The molecule has 0 aliphatic carbocycles. The lowest BCUT2D eigenvalue weighted by atomic mass is 9.98. The van der Waals surface area contributed by atoms with Gasteiger partial charge in [0, 0.05) is 33.0 Å². The minimum atomic E-state index is -4.48. The summed E-state index contributed by atoms with van der Waals surface area (Å²) >= 11 is 0. The molecule has 0 aliphatic rings. The van der Waals surface area contributed by atoms with Crippen LogP contribution in [0, 0.1) is 6.92 Å². The molecule has 0 N–H and O–H groups in total. The maximum absolute atomic E-state index is 13.9. The van der Waals surface area contributed by atoms with Crippen molar-refractivity contribution in [2.75, 3.05) is 0 Å². The third-order valence-electron chi connectivity index (χ3n) is 8.53. The fraction of sp³-hybridized carbons (Fsp3) is 0.0488. The molecule has 0 unspecified atom stereocenters. The van der Waals surface area contributed by atoms with Crippen molar-refractivity contribution < 1.29 is 13.2 Å². The molecule has 4 nitrogen and oxygen atoms in total.